The number of nitrogens with zero attached hydrogens (tertiary/aromatic N) is 2. The molecule has 5 nitrogen and oxygen atoms in total. The van der Waals surface area contributed by atoms with Crippen LogP contribution in [0, 0.1) is 22.7 Å². The van der Waals surface area contributed by atoms with E-state index in [0.29, 0.717) is 12.8 Å². The summed E-state index contributed by atoms with van der Waals surface area (Å²) in [5.41, 5.74) is 0. The fraction of sp³-hybridized carbons (Fsp3) is 0.818. The molecule has 0 aromatic carbocycles. The van der Waals surface area contributed by atoms with Crippen LogP contribution in [0.4, 0.5) is 0 Å². The maximum absolute atomic E-state index is 12.1. The lowest BCUT2D eigenvalue weighted by atomic mass is 10.0. The standard InChI is InChI=1S/C11H19N3O2S/c1-3-5-7-11(4-2,10-13)17(15,16)14-9-6-8-12/h14H,3-7,9H2,1-2H3. The van der Waals surface area contributed by atoms with E-state index in [9.17, 15) is 8.42 Å². The Kier molecular flexibility index (Phi) is 6.79. The molecule has 96 valence electrons. The molecule has 6 heteroatoms. The second-order valence-electron chi connectivity index (χ2n) is 3.87. The summed E-state index contributed by atoms with van der Waals surface area (Å²) >= 11 is 0. The molecule has 0 saturated heterocycles. The van der Waals surface area contributed by atoms with Gasteiger partial charge in [-0.3, -0.25) is 0 Å². The number of hydrogen-bond donors (Lipinski definition) is 1. The highest BCUT2D eigenvalue weighted by Crippen LogP contribution is 2.26. The van der Waals surface area contributed by atoms with Crippen molar-refractivity contribution >= 4 is 10.0 Å². The van der Waals surface area contributed by atoms with Crippen LogP contribution >= 0.6 is 0 Å². The van der Waals surface area contributed by atoms with Crippen LogP contribution in [0.3, 0.4) is 0 Å². The lowest BCUT2D eigenvalue weighted by Crippen LogP contribution is -2.45. The zero-order valence-corrected chi connectivity index (χ0v) is 11.2. The normalized spacial score (nSPS) is 14.6. The minimum Gasteiger partial charge on any atom is -0.213 e. The first-order valence-electron chi connectivity index (χ1n) is 5.77. The van der Waals surface area contributed by atoms with Crippen molar-refractivity contribution in [1.29, 1.82) is 10.5 Å². The number of nitrogens with one attached hydrogen (secondary N) is 1. The molecule has 0 rings (SSSR count). The summed E-state index contributed by atoms with van der Waals surface area (Å²) in [6, 6.07) is 3.79. The van der Waals surface area contributed by atoms with Gasteiger partial charge in [0.1, 0.15) is 0 Å². The zero-order valence-electron chi connectivity index (χ0n) is 10.4. The van der Waals surface area contributed by atoms with E-state index in [4.69, 9.17) is 10.5 Å². The summed E-state index contributed by atoms with van der Waals surface area (Å²) in [6.45, 7) is 3.71. The van der Waals surface area contributed by atoms with Gasteiger partial charge in [-0.25, -0.2) is 13.1 Å². The molecule has 0 heterocycles. The molecule has 0 aromatic rings. The van der Waals surface area contributed by atoms with Gasteiger partial charge in [-0.15, -0.1) is 0 Å². The van der Waals surface area contributed by atoms with Gasteiger partial charge < -0.3 is 0 Å². The van der Waals surface area contributed by atoms with Gasteiger partial charge in [0, 0.05) is 13.0 Å². The van der Waals surface area contributed by atoms with Crippen molar-refractivity contribution in [3.8, 4) is 12.1 Å². The third-order valence-electron chi connectivity index (χ3n) is 2.75. The Labute approximate surface area is 103 Å². The lowest BCUT2D eigenvalue weighted by molar-refractivity contribution is 0.505. The molecule has 0 saturated carbocycles. The SMILES string of the molecule is CCCCC(C#N)(CC)S(=O)(=O)NCCC#N. The Morgan fingerprint density at radius 3 is 2.35 bits per heavy atom. The van der Waals surface area contributed by atoms with E-state index in [1.54, 1.807) is 6.92 Å². The first kappa shape index (κ1) is 15.9. The average molecular weight is 257 g/mol. The minimum atomic E-state index is -3.69. The van der Waals surface area contributed by atoms with Crippen molar-refractivity contribution in [1.82, 2.24) is 4.72 Å². The maximum atomic E-state index is 12.1. The van der Waals surface area contributed by atoms with Crippen LogP contribution in [-0.2, 0) is 10.0 Å². The molecule has 0 spiro atoms. The minimum absolute atomic E-state index is 0.0639. The fourth-order valence-corrected chi connectivity index (χ4v) is 3.10. The Morgan fingerprint density at radius 2 is 1.94 bits per heavy atom. The van der Waals surface area contributed by atoms with Gasteiger partial charge in [-0.1, -0.05) is 26.7 Å². The maximum Gasteiger partial charge on any atom is 0.230 e. The van der Waals surface area contributed by atoms with E-state index in [0.717, 1.165) is 6.42 Å². The summed E-state index contributed by atoms with van der Waals surface area (Å²) in [7, 11) is -3.69. The van der Waals surface area contributed by atoms with Crippen LogP contribution < -0.4 is 4.72 Å². The molecule has 1 atom stereocenters. The fourth-order valence-electron chi connectivity index (χ4n) is 1.54. The molecule has 1 unspecified atom stereocenters. The van der Waals surface area contributed by atoms with Gasteiger partial charge in [0.05, 0.1) is 12.1 Å². The summed E-state index contributed by atoms with van der Waals surface area (Å²) in [4.78, 5) is 0. The van der Waals surface area contributed by atoms with Crippen molar-refractivity contribution in [2.45, 2.75) is 50.7 Å². The molecule has 0 aliphatic carbocycles. The molecule has 0 radical (unpaired) electrons. The first-order chi connectivity index (χ1) is 7.99. The highest BCUT2D eigenvalue weighted by Gasteiger charge is 2.41. The Morgan fingerprint density at radius 1 is 1.29 bits per heavy atom. The van der Waals surface area contributed by atoms with Gasteiger partial charge in [-0.05, 0) is 12.8 Å². The van der Waals surface area contributed by atoms with Crippen LogP contribution in [-0.4, -0.2) is 19.7 Å². The van der Waals surface area contributed by atoms with Crippen LogP contribution in [0.25, 0.3) is 0 Å². The van der Waals surface area contributed by atoms with E-state index in [1.165, 1.54) is 0 Å². The number of hydrogen-bond acceptors (Lipinski definition) is 4. The quantitative estimate of drug-likeness (QED) is 0.669. The average Bonchev–Trinajstić information content (AvgIpc) is 2.31. The Balaban J connectivity index is 4.92. The van der Waals surface area contributed by atoms with Gasteiger partial charge >= 0.3 is 0 Å². The molecule has 0 amide bonds. The monoisotopic (exact) mass is 257 g/mol. The largest absolute Gasteiger partial charge is 0.230 e. The second-order valence-corrected chi connectivity index (χ2v) is 5.95. The van der Waals surface area contributed by atoms with E-state index < -0.39 is 14.8 Å². The predicted octanol–water partition coefficient (Wildman–Crippen LogP) is 1.68. The number of sulfonamides is 1. The van der Waals surface area contributed by atoms with E-state index in [1.807, 2.05) is 19.1 Å². The molecular weight excluding hydrogens is 238 g/mol. The van der Waals surface area contributed by atoms with Crippen molar-refractivity contribution in [2.75, 3.05) is 6.54 Å². The van der Waals surface area contributed by atoms with Crippen molar-refractivity contribution < 1.29 is 8.42 Å². The molecule has 0 aromatic heterocycles. The molecule has 0 aliphatic rings. The molecule has 17 heavy (non-hydrogen) atoms. The lowest BCUT2D eigenvalue weighted by Gasteiger charge is -2.25. The van der Waals surface area contributed by atoms with Gasteiger partial charge in [0.15, 0.2) is 4.75 Å². The second kappa shape index (κ2) is 7.26. The third-order valence-corrected chi connectivity index (χ3v) is 4.95. The summed E-state index contributed by atoms with van der Waals surface area (Å²) in [5, 5.41) is 17.5. The molecule has 1 N–H and O–H groups in total. The zero-order chi connectivity index (χ0) is 13.4. The van der Waals surface area contributed by atoms with Crippen LogP contribution in [0.15, 0.2) is 0 Å². The van der Waals surface area contributed by atoms with Crippen LogP contribution in [0.5, 0.6) is 0 Å². The Bertz CT molecular complexity index is 405. The summed E-state index contributed by atoms with van der Waals surface area (Å²) in [6.07, 6.45) is 2.24. The highest BCUT2D eigenvalue weighted by atomic mass is 32.2. The van der Waals surface area contributed by atoms with Gasteiger partial charge in [0.25, 0.3) is 0 Å². The molecular formula is C11H19N3O2S. The Hall–Kier alpha value is -1.11. The van der Waals surface area contributed by atoms with Crippen LogP contribution in [0.1, 0.15) is 46.0 Å². The van der Waals surface area contributed by atoms with Crippen LogP contribution in [0.2, 0.25) is 0 Å². The molecule has 0 fully saturated rings. The van der Waals surface area contributed by atoms with E-state index in [-0.39, 0.29) is 19.4 Å². The van der Waals surface area contributed by atoms with Gasteiger partial charge in [0.2, 0.25) is 10.0 Å². The summed E-state index contributed by atoms with van der Waals surface area (Å²) < 4.78 is 25.1. The number of nitriles is 2. The number of rotatable bonds is 8. The topological polar surface area (TPSA) is 93.8 Å². The summed E-state index contributed by atoms with van der Waals surface area (Å²) in [5.74, 6) is 0. The highest BCUT2D eigenvalue weighted by molar-refractivity contribution is 7.91. The van der Waals surface area contributed by atoms with Gasteiger partial charge in [-0.2, -0.15) is 10.5 Å². The first-order valence-corrected chi connectivity index (χ1v) is 7.25. The molecule has 0 bridgehead atoms. The van der Waals surface area contributed by atoms with Crippen molar-refractivity contribution in [3.05, 3.63) is 0 Å². The predicted molar refractivity (Wildman–Crippen MR) is 65.3 cm³/mol. The van der Waals surface area contributed by atoms with Crippen molar-refractivity contribution in [3.63, 3.8) is 0 Å². The smallest absolute Gasteiger partial charge is 0.213 e. The van der Waals surface area contributed by atoms with E-state index >= 15 is 0 Å². The van der Waals surface area contributed by atoms with Crippen molar-refractivity contribution in [2.24, 2.45) is 0 Å². The number of unbranched alkanes of at least 4 members (excludes halogenated alkanes) is 1. The molecule has 0 aliphatic heterocycles. The third kappa shape index (κ3) is 3.99. The van der Waals surface area contributed by atoms with E-state index in [2.05, 4.69) is 4.72 Å².